The summed E-state index contributed by atoms with van der Waals surface area (Å²) in [7, 11) is 0. The number of pyridine rings is 1. The molecule has 0 unspecified atom stereocenters. The van der Waals surface area contributed by atoms with Gasteiger partial charge < -0.3 is 5.73 Å². The molecule has 2 nitrogen and oxygen atoms in total. The molecular formula is C7H10BrClN2. The van der Waals surface area contributed by atoms with E-state index in [0.717, 1.165) is 10.3 Å². The first-order chi connectivity index (χ1) is 4.70. The van der Waals surface area contributed by atoms with Gasteiger partial charge in [-0.2, -0.15) is 0 Å². The van der Waals surface area contributed by atoms with Crippen molar-refractivity contribution in [3.63, 3.8) is 0 Å². The summed E-state index contributed by atoms with van der Waals surface area (Å²) >= 11 is 3.26. The molecule has 0 amide bonds. The van der Waals surface area contributed by atoms with Gasteiger partial charge in [-0.25, -0.2) is 4.98 Å². The Balaban J connectivity index is 0.000001000. The number of hydrogen-bond donors (Lipinski definition) is 1. The van der Waals surface area contributed by atoms with Crippen LogP contribution in [0.15, 0.2) is 22.8 Å². The lowest BCUT2D eigenvalue weighted by Crippen LogP contribution is -2.06. The molecule has 2 N–H and O–H groups in total. The van der Waals surface area contributed by atoms with Gasteiger partial charge in [-0.1, -0.05) is 6.07 Å². The molecule has 0 fully saturated rings. The molecule has 1 aromatic heterocycles. The van der Waals surface area contributed by atoms with Crippen LogP contribution in [0, 0.1) is 0 Å². The summed E-state index contributed by atoms with van der Waals surface area (Å²) in [6, 6.07) is 5.73. The Labute approximate surface area is 80.7 Å². The van der Waals surface area contributed by atoms with E-state index in [-0.39, 0.29) is 18.4 Å². The van der Waals surface area contributed by atoms with Crippen LogP contribution in [0.2, 0.25) is 0 Å². The van der Waals surface area contributed by atoms with E-state index in [9.17, 15) is 0 Å². The van der Waals surface area contributed by atoms with Crippen LogP contribution < -0.4 is 5.73 Å². The summed E-state index contributed by atoms with van der Waals surface area (Å²) in [5, 5.41) is 0. The smallest absolute Gasteiger partial charge is 0.106 e. The molecule has 0 aliphatic rings. The molecule has 0 bridgehead atoms. The van der Waals surface area contributed by atoms with Crippen LogP contribution in [-0.2, 0) is 0 Å². The largest absolute Gasteiger partial charge is 0.323 e. The first-order valence-electron chi connectivity index (χ1n) is 3.08. The maximum absolute atomic E-state index is 5.60. The van der Waals surface area contributed by atoms with Crippen molar-refractivity contribution in [2.24, 2.45) is 5.73 Å². The van der Waals surface area contributed by atoms with Gasteiger partial charge in [0.25, 0.3) is 0 Å². The van der Waals surface area contributed by atoms with E-state index >= 15 is 0 Å². The molecule has 62 valence electrons. The molecule has 1 rings (SSSR count). The van der Waals surface area contributed by atoms with Gasteiger partial charge in [0.2, 0.25) is 0 Å². The third-order valence-corrected chi connectivity index (χ3v) is 1.64. The first-order valence-corrected chi connectivity index (χ1v) is 3.87. The highest BCUT2D eigenvalue weighted by Crippen LogP contribution is 2.10. The summed E-state index contributed by atoms with van der Waals surface area (Å²) in [6.45, 7) is 1.91. The number of nitrogens with two attached hydrogens (primary N) is 1. The van der Waals surface area contributed by atoms with Crippen LogP contribution >= 0.6 is 28.3 Å². The average molecular weight is 238 g/mol. The van der Waals surface area contributed by atoms with E-state index in [1.807, 2.05) is 25.1 Å². The molecule has 0 radical (unpaired) electrons. The minimum atomic E-state index is 0. The Morgan fingerprint density at radius 2 is 2.18 bits per heavy atom. The van der Waals surface area contributed by atoms with E-state index in [1.54, 1.807) is 0 Å². The van der Waals surface area contributed by atoms with Crippen molar-refractivity contribution in [3.8, 4) is 0 Å². The summed E-state index contributed by atoms with van der Waals surface area (Å²) in [4.78, 5) is 4.16. The van der Waals surface area contributed by atoms with Gasteiger partial charge in [0.1, 0.15) is 4.60 Å². The van der Waals surface area contributed by atoms with Crippen molar-refractivity contribution < 1.29 is 0 Å². The van der Waals surface area contributed by atoms with Crippen molar-refractivity contribution in [2.75, 3.05) is 0 Å². The molecule has 1 heterocycles. The maximum atomic E-state index is 5.60. The first kappa shape index (κ1) is 10.9. The van der Waals surface area contributed by atoms with E-state index in [4.69, 9.17) is 5.73 Å². The predicted octanol–water partition coefficient (Wildman–Crippen LogP) is 2.29. The number of nitrogens with zero attached hydrogens (tertiary/aromatic N) is 1. The third-order valence-electron chi connectivity index (χ3n) is 1.20. The van der Waals surface area contributed by atoms with Gasteiger partial charge in [0.05, 0.1) is 5.69 Å². The molecular weight excluding hydrogens is 227 g/mol. The van der Waals surface area contributed by atoms with Gasteiger partial charge in [0, 0.05) is 6.04 Å². The van der Waals surface area contributed by atoms with Gasteiger partial charge >= 0.3 is 0 Å². The normalized spacial score (nSPS) is 11.9. The lowest BCUT2D eigenvalue weighted by molar-refractivity contribution is 0.778. The Bertz CT molecular complexity index is 227. The van der Waals surface area contributed by atoms with Gasteiger partial charge in [-0.05, 0) is 35.0 Å². The van der Waals surface area contributed by atoms with Crippen LogP contribution in [-0.4, -0.2) is 4.98 Å². The molecule has 0 aromatic carbocycles. The molecule has 11 heavy (non-hydrogen) atoms. The molecule has 0 saturated heterocycles. The summed E-state index contributed by atoms with van der Waals surface area (Å²) < 4.78 is 0.835. The average Bonchev–Trinajstić information content (AvgIpc) is 1.88. The minimum Gasteiger partial charge on any atom is -0.323 e. The Kier molecular flexibility index (Phi) is 4.65. The van der Waals surface area contributed by atoms with Crippen LogP contribution in [0.25, 0.3) is 0 Å². The van der Waals surface area contributed by atoms with Crippen molar-refractivity contribution >= 4 is 28.3 Å². The standard InChI is InChI=1S/C7H9BrN2.ClH/c1-5(9)6-3-2-4-7(8)10-6;/h2-5H,9H2,1H3;1H/t5-;/m1./s1. The highest BCUT2D eigenvalue weighted by molar-refractivity contribution is 9.10. The Morgan fingerprint density at radius 1 is 1.55 bits per heavy atom. The fraction of sp³-hybridized carbons (Fsp3) is 0.286. The lowest BCUT2D eigenvalue weighted by Gasteiger charge is -2.02. The van der Waals surface area contributed by atoms with Crippen molar-refractivity contribution in [3.05, 3.63) is 28.5 Å². The van der Waals surface area contributed by atoms with E-state index in [0.29, 0.717) is 0 Å². The second-order valence-corrected chi connectivity index (χ2v) is 2.99. The summed E-state index contributed by atoms with van der Waals surface area (Å²) in [5.74, 6) is 0. The van der Waals surface area contributed by atoms with E-state index < -0.39 is 0 Å². The highest BCUT2D eigenvalue weighted by Gasteiger charge is 1.98. The number of hydrogen-bond acceptors (Lipinski definition) is 2. The summed E-state index contributed by atoms with van der Waals surface area (Å²) in [6.07, 6.45) is 0. The molecule has 0 aliphatic heterocycles. The molecule has 0 aliphatic carbocycles. The zero-order valence-electron chi connectivity index (χ0n) is 6.12. The fourth-order valence-electron chi connectivity index (χ4n) is 0.678. The quantitative estimate of drug-likeness (QED) is 0.761. The van der Waals surface area contributed by atoms with Crippen LogP contribution in [0.4, 0.5) is 0 Å². The van der Waals surface area contributed by atoms with Crippen molar-refractivity contribution in [1.29, 1.82) is 0 Å². The lowest BCUT2D eigenvalue weighted by atomic mass is 10.2. The molecule has 0 spiro atoms. The van der Waals surface area contributed by atoms with Crippen LogP contribution in [0.3, 0.4) is 0 Å². The fourth-order valence-corrected chi connectivity index (χ4v) is 1.03. The molecule has 0 saturated carbocycles. The maximum Gasteiger partial charge on any atom is 0.106 e. The molecule has 1 aromatic rings. The van der Waals surface area contributed by atoms with Gasteiger partial charge in [-0.15, -0.1) is 12.4 Å². The molecule has 4 heteroatoms. The van der Waals surface area contributed by atoms with Crippen molar-refractivity contribution in [2.45, 2.75) is 13.0 Å². The predicted molar refractivity (Wildman–Crippen MR) is 51.8 cm³/mol. The Morgan fingerprint density at radius 3 is 2.55 bits per heavy atom. The van der Waals surface area contributed by atoms with E-state index in [2.05, 4.69) is 20.9 Å². The Hall–Kier alpha value is -0.120. The zero-order chi connectivity index (χ0) is 7.56. The van der Waals surface area contributed by atoms with Gasteiger partial charge in [-0.3, -0.25) is 0 Å². The monoisotopic (exact) mass is 236 g/mol. The van der Waals surface area contributed by atoms with Crippen LogP contribution in [0.5, 0.6) is 0 Å². The second kappa shape index (κ2) is 4.70. The topological polar surface area (TPSA) is 38.9 Å². The second-order valence-electron chi connectivity index (χ2n) is 2.17. The van der Waals surface area contributed by atoms with E-state index in [1.165, 1.54) is 0 Å². The number of halogens is 2. The minimum absolute atomic E-state index is 0. The third kappa shape index (κ3) is 3.18. The number of rotatable bonds is 1. The zero-order valence-corrected chi connectivity index (χ0v) is 8.52. The molecule has 1 atom stereocenters. The number of aromatic nitrogens is 1. The summed E-state index contributed by atoms with van der Waals surface area (Å²) in [5.41, 5.74) is 6.51. The highest BCUT2D eigenvalue weighted by atomic mass is 79.9. The van der Waals surface area contributed by atoms with Crippen molar-refractivity contribution in [1.82, 2.24) is 4.98 Å². The SMILES string of the molecule is C[C@@H](N)c1cccc(Br)n1.Cl. The van der Waals surface area contributed by atoms with Crippen LogP contribution in [0.1, 0.15) is 18.7 Å². The van der Waals surface area contributed by atoms with Gasteiger partial charge in [0.15, 0.2) is 0 Å².